The third kappa shape index (κ3) is 2.85. The highest BCUT2D eigenvalue weighted by Crippen LogP contribution is 2.32. The zero-order chi connectivity index (χ0) is 13.1. The highest BCUT2D eigenvalue weighted by Gasteiger charge is 2.34. The SMILES string of the molecule is CC1CCCCC1C(=O)N1CCCC(C(=O)O)C1. The summed E-state index contributed by atoms with van der Waals surface area (Å²) >= 11 is 0. The van der Waals surface area contributed by atoms with E-state index in [2.05, 4.69) is 6.92 Å². The van der Waals surface area contributed by atoms with Crippen LogP contribution in [0.4, 0.5) is 0 Å². The van der Waals surface area contributed by atoms with Gasteiger partial charge in [0.25, 0.3) is 0 Å². The largest absolute Gasteiger partial charge is 0.481 e. The van der Waals surface area contributed by atoms with Gasteiger partial charge in [-0.1, -0.05) is 19.8 Å². The van der Waals surface area contributed by atoms with Crippen LogP contribution in [-0.4, -0.2) is 35.0 Å². The molecule has 0 aromatic rings. The number of hydrogen-bond donors (Lipinski definition) is 1. The van der Waals surface area contributed by atoms with Crippen LogP contribution >= 0.6 is 0 Å². The molecule has 0 spiro atoms. The van der Waals surface area contributed by atoms with Crippen LogP contribution in [0.25, 0.3) is 0 Å². The summed E-state index contributed by atoms with van der Waals surface area (Å²) in [5, 5.41) is 9.06. The van der Waals surface area contributed by atoms with Crippen LogP contribution in [0, 0.1) is 17.8 Å². The number of aliphatic carboxylic acids is 1. The van der Waals surface area contributed by atoms with E-state index in [4.69, 9.17) is 5.11 Å². The average molecular weight is 253 g/mol. The van der Waals surface area contributed by atoms with Gasteiger partial charge in [-0.25, -0.2) is 0 Å². The minimum absolute atomic E-state index is 0.131. The van der Waals surface area contributed by atoms with Crippen LogP contribution in [0.5, 0.6) is 0 Å². The lowest BCUT2D eigenvalue weighted by Crippen LogP contribution is -2.46. The molecule has 0 aromatic carbocycles. The fraction of sp³-hybridized carbons (Fsp3) is 0.857. The van der Waals surface area contributed by atoms with Gasteiger partial charge in [-0.15, -0.1) is 0 Å². The van der Waals surface area contributed by atoms with Crippen LogP contribution in [0.3, 0.4) is 0 Å². The van der Waals surface area contributed by atoms with Crippen molar-refractivity contribution in [3.8, 4) is 0 Å². The van der Waals surface area contributed by atoms with E-state index in [9.17, 15) is 9.59 Å². The van der Waals surface area contributed by atoms with Crippen molar-refractivity contribution in [1.29, 1.82) is 0 Å². The second-order valence-electron chi connectivity index (χ2n) is 5.83. The molecule has 18 heavy (non-hydrogen) atoms. The minimum atomic E-state index is -0.760. The van der Waals surface area contributed by atoms with Crippen molar-refractivity contribution >= 4 is 11.9 Å². The lowest BCUT2D eigenvalue weighted by Gasteiger charge is -2.36. The molecule has 1 aliphatic heterocycles. The van der Waals surface area contributed by atoms with E-state index in [1.54, 1.807) is 4.90 Å². The standard InChI is InChI=1S/C14H23NO3/c1-10-5-2-3-7-12(10)13(16)15-8-4-6-11(9-15)14(17)18/h10-12H,2-9H2,1H3,(H,17,18). The third-order valence-electron chi connectivity index (χ3n) is 4.51. The molecule has 102 valence electrons. The molecule has 2 fully saturated rings. The molecule has 3 unspecified atom stereocenters. The zero-order valence-corrected chi connectivity index (χ0v) is 11.1. The molecule has 1 heterocycles. The predicted octanol–water partition coefficient (Wildman–Crippen LogP) is 2.14. The predicted molar refractivity (Wildman–Crippen MR) is 68.1 cm³/mol. The molecule has 2 rings (SSSR count). The molecule has 3 atom stereocenters. The molecule has 1 amide bonds. The quantitative estimate of drug-likeness (QED) is 0.820. The lowest BCUT2D eigenvalue weighted by atomic mass is 9.79. The molecular formula is C14H23NO3. The fourth-order valence-corrected chi connectivity index (χ4v) is 3.30. The number of carboxylic acid groups (broad SMARTS) is 1. The Kier molecular flexibility index (Phi) is 4.25. The Morgan fingerprint density at radius 1 is 1.11 bits per heavy atom. The molecule has 0 bridgehead atoms. The van der Waals surface area contributed by atoms with Crippen molar-refractivity contribution in [2.24, 2.45) is 17.8 Å². The van der Waals surface area contributed by atoms with Gasteiger partial charge in [0, 0.05) is 19.0 Å². The van der Waals surface area contributed by atoms with Gasteiger partial charge in [0.05, 0.1) is 5.92 Å². The fourth-order valence-electron chi connectivity index (χ4n) is 3.30. The molecule has 1 N–H and O–H groups in total. The van der Waals surface area contributed by atoms with Gasteiger partial charge < -0.3 is 10.0 Å². The normalized spacial score (nSPS) is 33.2. The summed E-state index contributed by atoms with van der Waals surface area (Å²) in [4.78, 5) is 25.3. The number of rotatable bonds is 2. The second kappa shape index (κ2) is 5.72. The van der Waals surface area contributed by atoms with E-state index in [1.165, 1.54) is 6.42 Å². The Hall–Kier alpha value is -1.06. The smallest absolute Gasteiger partial charge is 0.308 e. The summed E-state index contributed by atoms with van der Waals surface area (Å²) in [7, 11) is 0. The molecule has 4 nitrogen and oxygen atoms in total. The highest BCUT2D eigenvalue weighted by molar-refractivity contribution is 5.80. The van der Waals surface area contributed by atoms with Gasteiger partial charge >= 0.3 is 5.97 Å². The van der Waals surface area contributed by atoms with Gasteiger partial charge in [0.2, 0.25) is 5.91 Å². The Morgan fingerprint density at radius 2 is 1.83 bits per heavy atom. The van der Waals surface area contributed by atoms with Crippen molar-refractivity contribution in [3.63, 3.8) is 0 Å². The number of carbonyl (C=O) groups excluding carboxylic acids is 1. The maximum absolute atomic E-state index is 12.5. The Balaban J connectivity index is 1.97. The molecule has 4 heteroatoms. The first-order valence-electron chi connectivity index (χ1n) is 7.11. The number of hydrogen-bond acceptors (Lipinski definition) is 2. The average Bonchev–Trinajstić information content (AvgIpc) is 2.38. The topological polar surface area (TPSA) is 57.6 Å². The summed E-state index contributed by atoms with van der Waals surface area (Å²) in [5.74, 6) is -0.332. The van der Waals surface area contributed by atoms with Crippen LogP contribution in [0.15, 0.2) is 0 Å². The van der Waals surface area contributed by atoms with E-state index in [0.29, 0.717) is 18.9 Å². The van der Waals surface area contributed by atoms with E-state index in [0.717, 1.165) is 32.2 Å². The second-order valence-corrected chi connectivity index (χ2v) is 5.83. The molecule has 2 aliphatic rings. The van der Waals surface area contributed by atoms with Crippen molar-refractivity contribution in [2.75, 3.05) is 13.1 Å². The number of carboxylic acids is 1. The molecule has 1 saturated heterocycles. The van der Waals surface area contributed by atoms with E-state index >= 15 is 0 Å². The van der Waals surface area contributed by atoms with Crippen LogP contribution in [0.2, 0.25) is 0 Å². The van der Waals surface area contributed by atoms with Crippen LogP contribution in [0.1, 0.15) is 45.4 Å². The Morgan fingerprint density at radius 3 is 2.50 bits per heavy atom. The van der Waals surface area contributed by atoms with Gasteiger partial charge in [-0.05, 0) is 31.6 Å². The molecule has 1 saturated carbocycles. The maximum atomic E-state index is 12.5. The molecule has 0 radical (unpaired) electrons. The van der Waals surface area contributed by atoms with Gasteiger partial charge in [-0.2, -0.15) is 0 Å². The van der Waals surface area contributed by atoms with Crippen molar-refractivity contribution in [2.45, 2.75) is 45.4 Å². The summed E-state index contributed by atoms with van der Waals surface area (Å²) < 4.78 is 0. The molecular weight excluding hydrogens is 230 g/mol. The zero-order valence-electron chi connectivity index (χ0n) is 11.1. The number of carbonyl (C=O) groups is 2. The first-order valence-corrected chi connectivity index (χ1v) is 7.11. The van der Waals surface area contributed by atoms with Gasteiger partial charge in [0.15, 0.2) is 0 Å². The maximum Gasteiger partial charge on any atom is 0.308 e. The lowest BCUT2D eigenvalue weighted by molar-refractivity contribution is -0.147. The van der Waals surface area contributed by atoms with Crippen LogP contribution < -0.4 is 0 Å². The van der Waals surface area contributed by atoms with E-state index in [1.807, 2.05) is 0 Å². The van der Waals surface area contributed by atoms with Gasteiger partial charge in [0.1, 0.15) is 0 Å². The van der Waals surface area contributed by atoms with Crippen molar-refractivity contribution in [3.05, 3.63) is 0 Å². The summed E-state index contributed by atoms with van der Waals surface area (Å²) in [6.07, 6.45) is 6.00. The van der Waals surface area contributed by atoms with E-state index < -0.39 is 5.97 Å². The van der Waals surface area contributed by atoms with Crippen molar-refractivity contribution < 1.29 is 14.7 Å². The first-order chi connectivity index (χ1) is 8.59. The van der Waals surface area contributed by atoms with Gasteiger partial charge in [-0.3, -0.25) is 9.59 Å². The Labute approximate surface area is 108 Å². The van der Waals surface area contributed by atoms with E-state index in [-0.39, 0.29) is 17.7 Å². The Bertz CT molecular complexity index is 329. The monoisotopic (exact) mass is 253 g/mol. The van der Waals surface area contributed by atoms with Crippen LogP contribution in [-0.2, 0) is 9.59 Å². The number of amides is 1. The summed E-state index contributed by atoms with van der Waals surface area (Å²) in [5.41, 5.74) is 0. The summed E-state index contributed by atoms with van der Waals surface area (Å²) in [6, 6.07) is 0. The number of piperidine rings is 1. The first kappa shape index (κ1) is 13.4. The highest BCUT2D eigenvalue weighted by atomic mass is 16.4. The number of likely N-dealkylation sites (tertiary alicyclic amines) is 1. The third-order valence-corrected chi connectivity index (χ3v) is 4.51. The molecule has 1 aliphatic carbocycles. The van der Waals surface area contributed by atoms with Crippen molar-refractivity contribution in [1.82, 2.24) is 4.90 Å². The minimum Gasteiger partial charge on any atom is -0.481 e. The number of nitrogens with zero attached hydrogens (tertiary/aromatic N) is 1. The summed E-state index contributed by atoms with van der Waals surface area (Å²) in [6.45, 7) is 3.31. The molecule has 0 aromatic heterocycles.